The Kier molecular flexibility index (Phi) is 5.03. The first-order chi connectivity index (χ1) is 9.69. The lowest BCUT2D eigenvalue weighted by atomic mass is 10.1. The standard InChI is InChI=1S/C17H16ClNO/c1-13-8-9-17(15(11-13)6-4-10-18)20-12-16-7-3-5-14(2)19-16/h3,5,7-9,11H,10,12H2,1-2H3. The van der Waals surface area contributed by atoms with Crippen molar-refractivity contribution in [1.82, 2.24) is 4.98 Å². The third kappa shape index (κ3) is 4.01. The molecule has 0 aliphatic heterocycles. The fourth-order valence-electron chi connectivity index (χ4n) is 1.83. The summed E-state index contributed by atoms with van der Waals surface area (Å²) in [5.41, 5.74) is 3.89. The molecule has 0 saturated carbocycles. The Labute approximate surface area is 124 Å². The van der Waals surface area contributed by atoms with Crippen molar-refractivity contribution in [3.8, 4) is 17.6 Å². The number of aryl methyl sites for hydroxylation is 2. The molecule has 0 unspecified atom stereocenters. The molecule has 0 fully saturated rings. The number of benzene rings is 1. The van der Waals surface area contributed by atoms with E-state index in [1.165, 1.54) is 0 Å². The van der Waals surface area contributed by atoms with Gasteiger partial charge in [-0.15, -0.1) is 11.6 Å². The SMILES string of the molecule is Cc1ccc(OCc2cccc(C)n2)c(C#CCCl)c1. The van der Waals surface area contributed by atoms with Gasteiger partial charge in [-0.25, -0.2) is 0 Å². The summed E-state index contributed by atoms with van der Waals surface area (Å²) in [6.45, 7) is 4.42. The Balaban J connectivity index is 2.16. The summed E-state index contributed by atoms with van der Waals surface area (Å²) in [4.78, 5) is 4.42. The molecule has 0 spiro atoms. The highest BCUT2D eigenvalue weighted by atomic mass is 35.5. The second-order valence-corrected chi connectivity index (χ2v) is 4.76. The highest BCUT2D eigenvalue weighted by molar-refractivity contribution is 6.19. The zero-order chi connectivity index (χ0) is 14.4. The van der Waals surface area contributed by atoms with Gasteiger partial charge in [-0.05, 0) is 43.7 Å². The van der Waals surface area contributed by atoms with Gasteiger partial charge in [0.25, 0.3) is 0 Å². The van der Waals surface area contributed by atoms with Gasteiger partial charge in [-0.1, -0.05) is 24.0 Å². The first-order valence-corrected chi connectivity index (χ1v) is 6.93. The lowest BCUT2D eigenvalue weighted by Crippen LogP contribution is -2.00. The van der Waals surface area contributed by atoms with Crippen molar-refractivity contribution in [3.05, 3.63) is 58.9 Å². The largest absolute Gasteiger partial charge is 0.486 e. The quantitative estimate of drug-likeness (QED) is 0.631. The van der Waals surface area contributed by atoms with Gasteiger partial charge in [0.2, 0.25) is 0 Å². The molecule has 0 amide bonds. The van der Waals surface area contributed by atoms with Crippen LogP contribution in [0, 0.1) is 25.7 Å². The van der Waals surface area contributed by atoms with E-state index in [0.717, 1.165) is 28.3 Å². The molecule has 102 valence electrons. The molecule has 2 nitrogen and oxygen atoms in total. The van der Waals surface area contributed by atoms with Crippen molar-refractivity contribution < 1.29 is 4.74 Å². The number of halogens is 1. The van der Waals surface area contributed by atoms with E-state index in [2.05, 4.69) is 16.8 Å². The van der Waals surface area contributed by atoms with E-state index in [-0.39, 0.29) is 0 Å². The fraction of sp³-hybridized carbons (Fsp3) is 0.235. The molecule has 0 aliphatic rings. The van der Waals surface area contributed by atoms with Gasteiger partial charge in [0.05, 0.1) is 17.1 Å². The Bertz CT molecular complexity index is 656. The minimum absolute atomic E-state index is 0.312. The summed E-state index contributed by atoms with van der Waals surface area (Å²) in [7, 11) is 0. The van der Waals surface area contributed by atoms with Crippen LogP contribution in [0.5, 0.6) is 5.75 Å². The van der Waals surface area contributed by atoms with Crippen molar-refractivity contribution >= 4 is 11.6 Å². The number of aromatic nitrogens is 1. The topological polar surface area (TPSA) is 22.1 Å². The molecular weight excluding hydrogens is 270 g/mol. The summed E-state index contributed by atoms with van der Waals surface area (Å²) in [6, 6.07) is 11.8. The molecule has 0 N–H and O–H groups in total. The monoisotopic (exact) mass is 285 g/mol. The van der Waals surface area contributed by atoms with Crippen molar-refractivity contribution in [3.63, 3.8) is 0 Å². The Morgan fingerprint density at radius 1 is 1.20 bits per heavy atom. The smallest absolute Gasteiger partial charge is 0.135 e. The summed E-state index contributed by atoms with van der Waals surface area (Å²) >= 11 is 5.61. The van der Waals surface area contributed by atoms with Crippen molar-refractivity contribution in [2.45, 2.75) is 20.5 Å². The number of hydrogen-bond acceptors (Lipinski definition) is 2. The number of hydrogen-bond donors (Lipinski definition) is 0. The molecule has 0 bridgehead atoms. The summed E-state index contributed by atoms with van der Waals surface area (Å²) < 4.78 is 5.82. The van der Waals surface area contributed by atoms with Gasteiger partial charge in [0, 0.05) is 5.69 Å². The van der Waals surface area contributed by atoms with Crippen LogP contribution in [0.4, 0.5) is 0 Å². The molecule has 1 aromatic heterocycles. The Morgan fingerprint density at radius 2 is 2.05 bits per heavy atom. The number of rotatable bonds is 3. The van der Waals surface area contributed by atoms with Crippen molar-refractivity contribution in [1.29, 1.82) is 0 Å². The van der Waals surface area contributed by atoms with Crippen LogP contribution in [0.2, 0.25) is 0 Å². The molecule has 2 aromatic rings. The lowest BCUT2D eigenvalue weighted by molar-refractivity contribution is 0.300. The third-order valence-corrected chi connectivity index (χ3v) is 2.88. The maximum Gasteiger partial charge on any atom is 0.135 e. The van der Waals surface area contributed by atoms with Gasteiger partial charge in [-0.3, -0.25) is 4.98 Å². The first kappa shape index (κ1) is 14.4. The van der Waals surface area contributed by atoms with Crippen LogP contribution in [-0.2, 0) is 6.61 Å². The molecule has 0 saturated heterocycles. The van der Waals surface area contributed by atoms with Gasteiger partial charge >= 0.3 is 0 Å². The molecule has 0 aliphatic carbocycles. The van der Waals surface area contributed by atoms with E-state index in [0.29, 0.717) is 12.5 Å². The maximum atomic E-state index is 5.82. The number of ether oxygens (including phenoxy) is 1. The van der Waals surface area contributed by atoms with Crippen LogP contribution in [-0.4, -0.2) is 10.9 Å². The lowest BCUT2D eigenvalue weighted by Gasteiger charge is -2.09. The van der Waals surface area contributed by atoms with Gasteiger partial charge < -0.3 is 4.74 Å². The Morgan fingerprint density at radius 3 is 2.80 bits per heavy atom. The predicted octanol–water partition coefficient (Wildman–Crippen LogP) is 3.87. The minimum Gasteiger partial charge on any atom is -0.486 e. The maximum absolute atomic E-state index is 5.82. The molecule has 3 heteroatoms. The van der Waals surface area contributed by atoms with Crippen LogP contribution in [0.15, 0.2) is 36.4 Å². The van der Waals surface area contributed by atoms with E-state index in [9.17, 15) is 0 Å². The van der Waals surface area contributed by atoms with Crippen LogP contribution < -0.4 is 4.74 Å². The van der Waals surface area contributed by atoms with Gasteiger partial charge in [-0.2, -0.15) is 0 Å². The average molecular weight is 286 g/mol. The average Bonchev–Trinajstić information content (AvgIpc) is 2.44. The normalized spacial score (nSPS) is 9.75. The molecule has 1 heterocycles. The fourth-order valence-corrected chi connectivity index (χ4v) is 1.89. The zero-order valence-electron chi connectivity index (χ0n) is 11.6. The second-order valence-electron chi connectivity index (χ2n) is 4.49. The summed E-state index contributed by atoms with van der Waals surface area (Å²) in [5.74, 6) is 6.96. The first-order valence-electron chi connectivity index (χ1n) is 6.40. The zero-order valence-corrected chi connectivity index (χ0v) is 12.4. The van der Waals surface area contributed by atoms with Crippen LogP contribution in [0.25, 0.3) is 0 Å². The van der Waals surface area contributed by atoms with E-state index < -0.39 is 0 Å². The molecule has 0 radical (unpaired) electrons. The van der Waals surface area contributed by atoms with E-state index >= 15 is 0 Å². The van der Waals surface area contributed by atoms with E-state index in [1.807, 2.05) is 50.2 Å². The van der Waals surface area contributed by atoms with Crippen molar-refractivity contribution in [2.24, 2.45) is 0 Å². The minimum atomic E-state index is 0.312. The van der Waals surface area contributed by atoms with E-state index in [4.69, 9.17) is 16.3 Å². The highest BCUT2D eigenvalue weighted by Gasteiger charge is 2.03. The Hall–Kier alpha value is -1.98. The second kappa shape index (κ2) is 6.98. The molecule has 0 atom stereocenters. The number of pyridine rings is 1. The van der Waals surface area contributed by atoms with Crippen molar-refractivity contribution in [2.75, 3.05) is 5.88 Å². The molecule has 2 rings (SSSR count). The molecule has 20 heavy (non-hydrogen) atoms. The molecular formula is C17H16ClNO. The van der Waals surface area contributed by atoms with Crippen LogP contribution in [0.1, 0.15) is 22.5 Å². The third-order valence-electron chi connectivity index (χ3n) is 2.75. The van der Waals surface area contributed by atoms with Gasteiger partial charge in [0.15, 0.2) is 0 Å². The van der Waals surface area contributed by atoms with Crippen LogP contribution in [0.3, 0.4) is 0 Å². The highest BCUT2D eigenvalue weighted by Crippen LogP contribution is 2.20. The van der Waals surface area contributed by atoms with E-state index in [1.54, 1.807) is 0 Å². The molecule has 1 aromatic carbocycles. The summed E-state index contributed by atoms with van der Waals surface area (Å²) in [5, 5.41) is 0. The summed E-state index contributed by atoms with van der Waals surface area (Å²) in [6.07, 6.45) is 0. The predicted molar refractivity (Wildman–Crippen MR) is 82.1 cm³/mol. The number of alkyl halides is 1. The van der Waals surface area contributed by atoms with Gasteiger partial charge in [0.1, 0.15) is 12.4 Å². The number of nitrogens with zero attached hydrogens (tertiary/aromatic N) is 1. The van der Waals surface area contributed by atoms with Crippen LogP contribution >= 0.6 is 11.6 Å².